The lowest BCUT2D eigenvalue weighted by Crippen LogP contribution is -2.13. The number of rotatable bonds is 6. The first kappa shape index (κ1) is 22.8. The molecular weight excluding hydrogens is 670 g/mol. The molecule has 0 unspecified atom stereocenters. The molecule has 0 fully saturated rings. The van der Waals surface area contributed by atoms with Crippen LogP contribution in [0.3, 0.4) is 0 Å². The van der Waals surface area contributed by atoms with Crippen LogP contribution in [-0.2, 0) is 11.4 Å². The Labute approximate surface area is 210 Å². The maximum Gasteiger partial charge on any atom is 0.266 e. The molecule has 1 amide bonds. The van der Waals surface area contributed by atoms with Crippen LogP contribution in [0.1, 0.15) is 11.1 Å². The first-order valence-corrected chi connectivity index (χ1v) is 11.7. The van der Waals surface area contributed by atoms with Crippen molar-refractivity contribution in [3.05, 3.63) is 95.0 Å². The molecule has 3 aromatic carbocycles. The molecule has 4 nitrogen and oxygen atoms in total. The van der Waals surface area contributed by atoms with Crippen LogP contribution >= 0.6 is 61.1 Å². The summed E-state index contributed by atoms with van der Waals surface area (Å²) in [5.74, 6) is 0.304. The summed E-state index contributed by atoms with van der Waals surface area (Å²) in [7, 11) is 0. The summed E-state index contributed by atoms with van der Waals surface area (Å²) in [6.45, 7) is 0.473. The van der Waals surface area contributed by atoms with Crippen molar-refractivity contribution in [1.82, 2.24) is 0 Å². The van der Waals surface area contributed by atoms with Gasteiger partial charge in [0.05, 0.1) is 3.57 Å². The highest BCUT2D eigenvalue weighted by atomic mass is 127. The van der Waals surface area contributed by atoms with E-state index < -0.39 is 5.91 Å². The summed E-state index contributed by atoms with van der Waals surface area (Å²) in [5.41, 5.74) is 2.50. The molecular formula is C23H15BrI2N2O2. The van der Waals surface area contributed by atoms with E-state index in [0.29, 0.717) is 12.3 Å². The number of nitrogens with zero attached hydrogens (tertiary/aromatic N) is 1. The first-order valence-electron chi connectivity index (χ1n) is 8.80. The van der Waals surface area contributed by atoms with Crippen molar-refractivity contribution in [2.24, 2.45) is 0 Å². The van der Waals surface area contributed by atoms with Gasteiger partial charge in [0.1, 0.15) is 24.0 Å². The molecule has 0 aliphatic carbocycles. The van der Waals surface area contributed by atoms with Gasteiger partial charge in [0.2, 0.25) is 0 Å². The molecule has 150 valence electrons. The minimum absolute atomic E-state index is 0.0290. The van der Waals surface area contributed by atoms with Gasteiger partial charge in [-0.25, -0.2) is 0 Å². The zero-order chi connectivity index (χ0) is 21.5. The lowest BCUT2D eigenvalue weighted by Gasteiger charge is -2.09. The van der Waals surface area contributed by atoms with Gasteiger partial charge in [-0.1, -0.05) is 34.1 Å². The maximum atomic E-state index is 12.4. The van der Waals surface area contributed by atoms with Crippen molar-refractivity contribution >= 4 is 78.8 Å². The highest BCUT2D eigenvalue weighted by Crippen LogP contribution is 2.25. The first-order chi connectivity index (χ1) is 14.4. The van der Waals surface area contributed by atoms with E-state index in [1.165, 1.54) is 3.57 Å². The van der Waals surface area contributed by atoms with Gasteiger partial charge in [-0.2, -0.15) is 5.26 Å². The van der Waals surface area contributed by atoms with E-state index in [0.717, 1.165) is 24.9 Å². The SMILES string of the molecule is N#C/C(=C/c1ccc(OCc2ccc(I)cc2)c(I)c1)C(=O)Nc1ccc(Br)cc1. The quantitative estimate of drug-likeness (QED) is 0.177. The Morgan fingerprint density at radius 2 is 1.77 bits per heavy atom. The number of anilines is 1. The van der Waals surface area contributed by atoms with E-state index in [9.17, 15) is 10.1 Å². The minimum atomic E-state index is -0.450. The summed E-state index contributed by atoms with van der Waals surface area (Å²) in [6.07, 6.45) is 1.57. The van der Waals surface area contributed by atoms with Crippen LogP contribution in [0.5, 0.6) is 5.75 Å². The smallest absolute Gasteiger partial charge is 0.266 e. The number of nitrogens with one attached hydrogen (secondary N) is 1. The number of carbonyl (C=O) groups excluding carboxylic acids is 1. The summed E-state index contributed by atoms with van der Waals surface area (Å²) in [5, 5.41) is 12.2. The van der Waals surface area contributed by atoms with Crippen LogP contribution in [-0.4, -0.2) is 5.91 Å². The third kappa shape index (κ3) is 6.55. The van der Waals surface area contributed by atoms with E-state index in [-0.39, 0.29) is 5.57 Å². The molecule has 0 bridgehead atoms. The second-order valence-electron chi connectivity index (χ2n) is 6.24. The number of hydrogen-bond acceptors (Lipinski definition) is 3. The fourth-order valence-electron chi connectivity index (χ4n) is 2.51. The fraction of sp³-hybridized carbons (Fsp3) is 0.0435. The number of hydrogen-bond donors (Lipinski definition) is 1. The molecule has 0 aliphatic heterocycles. The van der Waals surface area contributed by atoms with Gasteiger partial charge in [-0.05, 0) is 111 Å². The van der Waals surface area contributed by atoms with Gasteiger partial charge in [0.25, 0.3) is 5.91 Å². The van der Waals surface area contributed by atoms with Gasteiger partial charge in [0.15, 0.2) is 0 Å². The fourth-order valence-corrected chi connectivity index (χ4v) is 3.83. The molecule has 0 spiro atoms. The van der Waals surface area contributed by atoms with Crippen LogP contribution < -0.4 is 10.1 Å². The van der Waals surface area contributed by atoms with Gasteiger partial charge in [0, 0.05) is 13.7 Å². The Hall–Kier alpha value is -1.90. The number of ether oxygens (including phenoxy) is 1. The second kappa shape index (κ2) is 10.9. The summed E-state index contributed by atoms with van der Waals surface area (Å²) >= 11 is 7.81. The highest BCUT2D eigenvalue weighted by molar-refractivity contribution is 14.1. The van der Waals surface area contributed by atoms with Crippen LogP contribution in [0, 0.1) is 18.5 Å². The Balaban J connectivity index is 1.69. The highest BCUT2D eigenvalue weighted by Gasteiger charge is 2.10. The molecule has 3 rings (SSSR count). The lowest BCUT2D eigenvalue weighted by atomic mass is 10.1. The second-order valence-corrected chi connectivity index (χ2v) is 9.56. The number of nitriles is 1. The van der Waals surface area contributed by atoms with Crippen molar-refractivity contribution in [3.8, 4) is 11.8 Å². The Morgan fingerprint density at radius 3 is 2.40 bits per heavy atom. The van der Waals surface area contributed by atoms with Gasteiger partial charge in [-0.15, -0.1) is 0 Å². The van der Waals surface area contributed by atoms with Gasteiger partial charge in [-0.3, -0.25) is 4.79 Å². The predicted octanol–water partition coefficient (Wildman–Crippen LogP) is 6.78. The topological polar surface area (TPSA) is 62.1 Å². The third-order valence-corrected chi connectivity index (χ3v) is 6.13. The summed E-state index contributed by atoms with van der Waals surface area (Å²) < 4.78 is 8.90. The Bertz CT molecular complexity index is 1120. The van der Waals surface area contributed by atoms with Crippen LogP contribution in [0.25, 0.3) is 6.08 Å². The monoisotopic (exact) mass is 684 g/mol. The molecule has 7 heteroatoms. The molecule has 3 aromatic rings. The molecule has 0 atom stereocenters. The summed E-state index contributed by atoms with van der Waals surface area (Å²) in [4.78, 5) is 12.4. The number of halogens is 3. The van der Waals surface area contributed by atoms with Crippen molar-refractivity contribution in [2.75, 3.05) is 5.32 Å². The van der Waals surface area contributed by atoms with Crippen LogP contribution in [0.15, 0.2) is 76.8 Å². The molecule has 30 heavy (non-hydrogen) atoms. The number of benzene rings is 3. The van der Waals surface area contributed by atoms with Crippen LogP contribution in [0.2, 0.25) is 0 Å². The zero-order valence-corrected chi connectivity index (χ0v) is 21.4. The van der Waals surface area contributed by atoms with E-state index in [2.05, 4.69) is 66.4 Å². The average molecular weight is 685 g/mol. The van der Waals surface area contributed by atoms with Crippen molar-refractivity contribution < 1.29 is 9.53 Å². The molecule has 0 heterocycles. The van der Waals surface area contributed by atoms with E-state index in [1.54, 1.807) is 18.2 Å². The molecule has 1 N–H and O–H groups in total. The summed E-state index contributed by atoms with van der Waals surface area (Å²) in [6, 6.07) is 22.9. The lowest BCUT2D eigenvalue weighted by molar-refractivity contribution is -0.112. The van der Waals surface area contributed by atoms with Crippen molar-refractivity contribution in [2.45, 2.75) is 6.61 Å². The average Bonchev–Trinajstić information content (AvgIpc) is 2.74. The van der Waals surface area contributed by atoms with E-state index in [1.807, 2.05) is 60.7 Å². The van der Waals surface area contributed by atoms with E-state index in [4.69, 9.17) is 4.74 Å². The van der Waals surface area contributed by atoms with Gasteiger partial charge < -0.3 is 10.1 Å². The van der Waals surface area contributed by atoms with Crippen molar-refractivity contribution in [3.63, 3.8) is 0 Å². The Morgan fingerprint density at radius 1 is 1.07 bits per heavy atom. The minimum Gasteiger partial charge on any atom is -0.488 e. The molecule has 0 radical (unpaired) electrons. The molecule has 0 saturated carbocycles. The molecule has 0 saturated heterocycles. The predicted molar refractivity (Wildman–Crippen MR) is 139 cm³/mol. The largest absolute Gasteiger partial charge is 0.488 e. The third-order valence-electron chi connectivity index (χ3n) is 4.04. The maximum absolute atomic E-state index is 12.4. The zero-order valence-electron chi connectivity index (χ0n) is 15.5. The Kier molecular flexibility index (Phi) is 8.30. The molecule has 0 aromatic heterocycles. The van der Waals surface area contributed by atoms with Crippen LogP contribution in [0.4, 0.5) is 5.69 Å². The molecule has 0 aliphatic rings. The normalized spacial score (nSPS) is 10.9. The van der Waals surface area contributed by atoms with E-state index >= 15 is 0 Å². The van der Waals surface area contributed by atoms with Gasteiger partial charge >= 0.3 is 0 Å². The number of amides is 1. The van der Waals surface area contributed by atoms with Crippen molar-refractivity contribution in [1.29, 1.82) is 5.26 Å². The number of carbonyl (C=O) groups is 1. The standard InChI is InChI=1S/C23H15BrI2N2O2/c24-18-4-8-20(9-5-18)28-23(29)17(13-27)11-16-3-10-22(21(26)12-16)30-14-15-1-6-19(25)7-2-15/h1-12H,14H2,(H,28,29)/b17-11-.